The molecule has 1 aromatic heterocycles. The van der Waals surface area contributed by atoms with Gasteiger partial charge in [0.05, 0.1) is 15.4 Å². The van der Waals surface area contributed by atoms with Crippen LogP contribution in [0.2, 0.25) is 0 Å². The first kappa shape index (κ1) is 23.9. The summed E-state index contributed by atoms with van der Waals surface area (Å²) in [4.78, 5) is 34.4. The third kappa shape index (κ3) is 4.92. The Labute approximate surface area is 218 Å². The fourth-order valence-corrected chi connectivity index (χ4v) is 6.19. The Morgan fingerprint density at radius 2 is 1.86 bits per heavy atom. The lowest BCUT2D eigenvalue weighted by Gasteiger charge is -2.35. The number of thiazole rings is 1. The van der Waals surface area contributed by atoms with E-state index in [4.69, 9.17) is 14.5 Å². The van der Waals surface area contributed by atoms with E-state index in [1.54, 1.807) is 30.3 Å². The zero-order valence-electron chi connectivity index (χ0n) is 20.4. The van der Waals surface area contributed by atoms with Crippen molar-refractivity contribution in [1.82, 2.24) is 15.2 Å². The topological polar surface area (TPSA) is 80.8 Å². The molecule has 0 radical (unpaired) electrons. The van der Waals surface area contributed by atoms with E-state index in [1.165, 1.54) is 23.5 Å². The highest BCUT2D eigenvalue weighted by Crippen LogP contribution is 2.45. The molecule has 6 rings (SSSR count). The van der Waals surface area contributed by atoms with E-state index >= 15 is 0 Å². The van der Waals surface area contributed by atoms with Crippen LogP contribution in [0.5, 0.6) is 11.5 Å². The molecule has 0 bridgehead atoms. The Kier molecular flexibility index (Phi) is 6.54. The summed E-state index contributed by atoms with van der Waals surface area (Å²) in [5, 5.41) is 3.99. The number of halogens is 1. The largest absolute Gasteiger partial charge is 0.486 e. The molecule has 3 aromatic rings. The predicted octanol–water partition coefficient (Wildman–Crippen LogP) is 5.02. The minimum Gasteiger partial charge on any atom is -0.486 e. The summed E-state index contributed by atoms with van der Waals surface area (Å²) in [6.07, 6.45) is 4.85. The van der Waals surface area contributed by atoms with E-state index in [9.17, 15) is 14.0 Å². The number of nitrogens with zero attached hydrogens (tertiary/aromatic N) is 2. The van der Waals surface area contributed by atoms with Crippen molar-refractivity contribution in [3.8, 4) is 21.9 Å². The SMILES string of the molecule is O=C(NC[C@@H]1CCCCN1C(=O)c1nc(C2CC2)sc1-c1ccc(F)cc1)c1cccc2c1OCCO2. The number of ether oxygens (including phenoxy) is 2. The van der Waals surface area contributed by atoms with Gasteiger partial charge in [0.2, 0.25) is 0 Å². The molecular formula is C28H28FN3O4S. The number of carbonyl (C=O) groups is 2. The van der Waals surface area contributed by atoms with Gasteiger partial charge >= 0.3 is 0 Å². The number of nitrogens with one attached hydrogen (secondary N) is 1. The molecule has 1 aliphatic carbocycles. The Hall–Kier alpha value is -3.46. The standard InChI is InChI=1S/C28H28FN3O4S/c29-19-11-9-17(10-12-19)25-23(31-27(37-25)18-7-8-18)28(34)32-13-2-1-4-20(32)16-30-26(33)21-5-3-6-22-24(21)36-15-14-35-22/h3,5-6,9-12,18,20H,1-2,4,7-8,13-16H2,(H,30,33)/t20-/m0/s1. The Balaban J connectivity index is 1.22. The molecule has 37 heavy (non-hydrogen) atoms. The summed E-state index contributed by atoms with van der Waals surface area (Å²) in [6, 6.07) is 11.4. The van der Waals surface area contributed by atoms with Gasteiger partial charge in [-0.25, -0.2) is 9.37 Å². The highest BCUT2D eigenvalue weighted by atomic mass is 32.1. The van der Waals surface area contributed by atoms with Crippen LogP contribution in [-0.4, -0.2) is 54.0 Å². The van der Waals surface area contributed by atoms with E-state index in [2.05, 4.69) is 5.32 Å². The highest BCUT2D eigenvalue weighted by molar-refractivity contribution is 7.15. The highest BCUT2D eigenvalue weighted by Gasteiger charge is 2.34. The van der Waals surface area contributed by atoms with Crippen molar-refractivity contribution in [1.29, 1.82) is 0 Å². The van der Waals surface area contributed by atoms with Crippen LogP contribution in [0.25, 0.3) is 10.4 Å². The third-order valence-electron chi connectivity index (χ3n) is 7.08. The number of hydrogen-bond donors (Lipinski definition) is 1. The molecule has 192 valence electrons. The fourth-order valence-electron chi connectivity index (χ4n) is 4.96. The number of amides is 2. The summed E-state index contributed by atoms with van der Waals surface area (Å²) in [5.41, 5.74) is 1.66. The van der Waals surface area contributed by atoms with Gasteiger partial charge in [-0.3, -0.25) is 9.59 Å². The van der Waals surface area contributed by atoms with Crippen LogP contribution in [0, 0.1) is 5.82 Å². The second-order valence-electron chi connectivity index (χ2n) is 9.70. The Morgan fingerprint density at radius 3 is 2.68 bits per heavy atom. The van der Waals surface area contributed by atoms with Gasteiger partial charge < -0.3 is 19.7 Å². The fraction of sp³-hybridized carbons (Fsp3) is 0.393. The summed E-state index contributed by atoms with van der Waals surface area (Å²) in [6.45, 7) is 1.79. The first-order valence-corrected chi connectivity index (χ1v) is 13.6. The van der Waals surface area contributed by atoms with Crippen LogP contribution in [0.3, 0.4) is 0 Å². The second kappa shape index (κ2) is 10.1. The minimum absolute atomic E-state index is 0.129. The normalized spacial score (nSPS) is 18.9. The van der Waals surface area contributed by atoms with Gasteiger partial charge in [0.15, 0.2) is 11.5 Å². The van der Waals surface area contributed by atoms with Gasteiger partial charge in [0.25, 0.3) is 11.8 Å². The Bertz CT molecular complexity index is 1320. The molecule has 1 saturated carbocycles. The molecule has 1 saturated heterocycles. The number of carbonyl (C=O) groups excluding carboxylic acids is 2. The van der Waals surface area contributed by atoms with E-state index in [0.717, 1.165) is 47.6 Å². The number of likely N-dealkylation sites (tertiary alicyclic amines) is 1. The van der Waals surface area contributed by atoms with Gasteiger partial charge in [-0.1, -0.05) is 18.2 Å². The number of benzene rings is 2. The first-order valence-electron chi connectivity index (χ1n) is 12.8. The van der Waals surface area contributed by atoms with Crippen LogP contribution >= 0.6 is 11.3 Å². The average Bonchev–Trinajstić information content (AvgIpc) is 3.70. The molecule has 1 atom stereocenters. The van der Waals surface area contributed by atoms with Crippen molar-refractivity contribution in [3.63, 3.8) is 0 Å². The molecule has 0 spiro atoms. The van der Waals surface area contributed by atoms with Crippen molar-refractivity contribution in [2.24, 2.45) is 0 Å². The number of rotatable bonds is 6. The molecule has 2 amide bonds. The van der Waals surface area contributed by atoms with Gasteiger partial charge in [-0.2, -0.15) is 0 Å². The lowest BCUT2D eigenvalue weighted by Crippen LogP contribution is -2.49. The van der Waals surface area contributed by atoms with Crippen LogP contribution in [0.15, 0.2) is 42.5 Å². The molecule has 3 heterocycles. The Morgan fingerprint density at radius 1 is 1.05 bits per heavy atom. The monoisotopic (exact) mass is 521 g/mol. The lowest BCUT2D eigenvalue weighted by atomic mass is 10.0. The van der Waals surface area contributed by atoms with Crippen LogP contribution in [-0.2, 0) is 0 Å². The van der Waals surface area contributed by atoms with E-state index in [0.29, 0.717) is 55.0 Å². The lowest BCUT2D eigenvalue weighted by molar-refractivity contribution is 0.0597. The summed E-state index contributed by atoms with van der Waals surface area (Å²) in [5.74, 6) is 0.739. The molecule has 2 aliphatic heterocycles. The summed E-state index contributed by atoms with van der Waals surface area (Å²) >= 11 is 1.53. The smallest absolute Gasteiger partial charge is 0.274 e. The maximum absolute atomic E-state index is 13.9. The van der Waals surface area contributed by atoms with Crippen LogP contribution in [0.1, 0.15) is 63.9 Å². The van der Waals surface area contributed by atoms with Crippen LogP contribution < -0.4 is 14.8 Å². The average molecular weight is 522 g/mol. The molecular weight excluding hydrogens is 493 g/mol. The first-order chi connectivity index (χ1) is 18.1. The van der Waals surface area contributed by atoms with Crippen molar-refractivity contribution < 1.29 is 23.5 Å². The number of para-hydroxylation sites is 1. The molecule has 2 aromatic carbocycles. The van der Waals surface area contributed by atoms with Gasteiger partial charge in [-0.05, 0) is 61.9 Å². The minimum atomic E-state index is -0.313. The van der Waals surface area contributed by atoms with Crippen molar-refractivity contribution >= 4 is 23.2 Å². The van der Waals surface area contributed by atoms with Crippen molar-refractivity contribution in [2.75, 3.05) is 26.3 Å². The third-order valence-corrected chi connectivity index (χ3v) is 8.34. The van der Waals surface area contributed by atoms with Crippen LogP contribution in [0.4, 0.5) is 4.39 Å². The van der Waals surface area contributed by atoms with E-state index < -0.39 is 0 Å². The zero-order chi connectivity index (χ0) is 25.4. The number of hydrogen-bond acceptors (Lipinski definition) is 6. The zero-order valence-corrected chi connectivity index (χ0v) is 21.2. The predicted molar refractivity (Wildman–Crippen MR) is 138 cm³/mol. The molecule has 3 aliphatic rings. The van der Waals surface area contributed by atoms with Gasteiger partial charge in [0, 0.05) is 25.0 Å². The van der Waals surface area contributed by atoms with Crippen molar-refractivity contribution in [2.45, 2.75) is 44.1 Å². The number of piperidine rings is 1. The summed E-state index contributed by atoms with van der Waals surface area (Å²) in [7, 11) is 0. The molecule has 0 unspecified atom stereocenters. The second-order valence-corrected chi connectivity index (χ2v) is 10.7. The van der Waals surface area contributed by atoms with Gasteiger partial charge in [0.1, 0.15) is 24.7 Å². The number of fused-ring (bicyclic) bond motifs is 1. The summed E-state index contributed by atoms with van der Waals surface area (Å²) < 4.78 is 24.9. The van der Waals surface area contributed by atoms with E-state index in [-0.39, 0.29) is 23.7 Å². The molecule has 1 N–H and O–H groups in total. The quantitative estimate of drug-likeness (QED) is 0.493. The molecule has 7 nitrogen and oxygen atoms in total. The maximum Gasteiger partial charge on any atom is 0.274 e. The molecule has 9 heteroatoms. The van der Waals surface area contributed by atoms with Crippen molar-refractivity contribution in [3.05, 3.63) is 64.5 Å². The number of aromatic nitrogens is 1. The maximum atomic E-state index is 13.9. The van der Waals surface area contributed by atoms with E-state index in [1.807, 2.05) is 4.90 Å². The molecule has 2 fully saturated rings. The van der Waals surface area contributed by atoms with Gasteiger partial charge in [-0.15, -0.1) is 11.3 Å².